The molecule has 2 atom stereocenters. The molecule has 0 aromatic carbocycles. The molecule has 0 saturated heterocycles. The predicted octanol–water partition coefficient (Wildman–Crippen LogP) is 0.134. The smallest absolute Gasteiger partial charge is 0.404 e. The first kappa shape index (κ1) is 7.34. The molecule has 1 aliphatic carbocycles. The summed E-state index contributed by atoms with van der Waals surface area (Å²) in [5, 5.41) is 10.7. The number of hydrogen-bond donors (Lipinski definition) is 3. The fourth-order valence-corrected chi connectivity index (χ4v) is 1.33. The fraction of sp³-hybridized carbons (Fsp3) is 0.833. The molecular weight excluding hydrogens is 132 g/mol. The Morgan fingerprint density at radius 1 is 1.60 bits per heavy atom. The van der Waals surface area contributed by atoms with Crippen LogP contribution in [0.25, 0.3) is 0 Å². The molecule has 1 amide bonds. The lowest BCUT2D eigenvalue weighted by Crippen LogP contribution is -2.43. The number of carboxylic acid groups (broad SMARTS) is 1. The van der Waals surface area contributed by atoms with Crippen LogP contribution in [0.3, 0.4) is 0 Å². The third kappa shape index (κ3) is 1.60. The predicted molar refractivity (Wildman–Crippen MR) is 36.8 cm³/mol. The lowest BCUT2D eigenvalue weighted by atomic mass is 10.2. The van der Waals surface area contributed by atoms with E-state index in [2.05, 4.69) is 5.32 Å². The average molecular weight is 144 g/mol. The van der Waals surface area contributed by atoms with E-state index in [1.807, 2.05) is 0 Å². The number of rotatable bonds is 1. The molecule has 4 nitrogen and oxygen atoms in total. The Labute approximate surface area is 59.4 Å². The molecule has 4 heteroatoms. The van der Waals surface area contributed by atoms with Crippen LogP contribution in [0.1, 0.15) is 19.3 Å². The van der Waals surface area contributed by atoms with Gasteiger partial charge in [0.15, 0.2) is 0 Å². The van der Waals surface area contributed by atoms with E-state index in [1.54, 1.807) is 0 Å². The lowest BCUT2D eigenvalue weighted by Gasteiger charge is -2.13. The molecule has 0 unspecified atom stereocenters. The number of hydrogen-bond acceptors (Lipinski definition) is 2. The highest BCUT2D eigenvalue weighted by Crippen LogP contribution is 2.16. The molecule has 1 fully saturated rings. The monoisotopic (exact) mass is 144 g/mol. The summed E-state index contributed by atoms with van der Waals surface area (Å²) < 4.78 is 0. The van der Waals surface area contributed by atoms with E-state index in [4.69, 9.17) is 10.8 Å². The van der Waals surface area contributed by atoms with E-state index < -0.39 is 6.09 Å². The molecule has 0 aliphatic heterocycles. The van der Waals surface area contributed by atoms with Crippen LogP contribution in [0, 0.1) is 0 Å². The standard InChI is InChI=1S/C6H12N2O2/c7-4-2-1-3-5(4)8-6(9)10/h4-5,8H,1-3,7H2,(H,9,10)/t4-,5+/m0/s1. The largest absolute Gasteiger partial charge is 0.465 e. The Kier molecular flexibility index (Phi) is 2.11. The Balaban J connectivity index is 2.33. The average Bonchev–Trinajstić information content (AvgIpc) is 2.15. The fourth-order valence-electron chi connectivity index (χ4n) is 1.33. The van der Waals surface area contributed by atoms with Gasteiger partial charge in [-0.15, -0.1) is 0 Å². The first-order chi connectivity index (χ1) is 4.70. The SMILES string of the molecule is N[C@H]1CCC[C@H]1NC(=O)O. The number of nitrogens with two attached hydrogens (primary N) is 1. The van der Waals surface area contributed by atoms with Crippen molar-refractivity contribution >= 4 is 6.09 Å². The van der Waals surface area contributed by atoms with Crippen molar-refractivity contribution in [1.29, 1.82) is 0 Å². The molecule has 0 heterocycles. The van der Waals surface area contributed by atoms with Crippen LogP contribution < -0.4 is 11.1 Å². The minimum atomic E-state index is -0.970. The third-order valence-corrected chi connectivity index (χ3v) is 1.88. The maximum Gasteiger partial charge on any atom is 0.404 e. The van der Waals surface area contributed by atoms with E-state index in [0.717, 1.165) is 19.3 Å². The van der Waals surface area contributed by atoms with Crippen LogP contribution in [-0.2, 0) is 0 Å². The summed E-state index contributed by atoms with van der Waals surface area (Å²) in [7, 11) is 0. The van der Waals surface area contributed by atoms with Gasteiger partial charge in [-0.1, -0.05) is 0 Å². The zero-order chi connectivity index (χ0) is 7.56. The van der Waals surface area contributed by atoms with Crippen LogP contribution in [0.15, 0.2) is 0 Å². The normalized spacial score (nSPS) is 32.1. The summed E-state index contributed by atoms with van der Waals surface area (Å²) in [6.45, 7) is 0. The molecule has 0 aromatic heterocycles. The molecule has 0 aromatic rings. The van der Waals surface area contributed by atoms with Crippen LogP contribution in [-0.4, -0.2) is 23.3 Å². The van der Waals surface area contributed by atoms with Gasteiger partial charge in [0, 0.05) is 12.1 Å². The van der Waals surface area contributed by atoms with E-state index in [-0.39, 0.29) is 12.1 Å². The summed E-state index contributed by atoms with van der Waals surface area (Å²) in [6, 6.07) is 0.00796. The second kappa shape index (κ2) is 2.88. The highest BCUT2D eigenvalue weighted by Gasteiger charge is 2.24. The number of amides is 1. The van der Waals surface area contributed by atoms with Crippen LogP contribution >= 0.6 is 0 Å². The quantitative estimate of drug-likeness (QED) is 0.489. The molecule has 0 bridgehead atoms. The van der Waals surface area contributed by atoms with Gasteiger partial charge in [0.1, 0.15) is 0 Å². The lowest BCUT2D eigenvalue weighted by molar-refractivity contribution is 0.189. The Morgan fingerprint density at radius 3 is 2.70 bits per heavy atom. The van der Waals surface area contributed by atoms with Crippen molar-refractivity contribution in [2.75, 3.05) is 0 Å². The summed E-state index contributed by atoms with van der Waals surface area (Å²) in [5.74, 6) is 0. The van der Waals surface area contributed by atoms with Gasteiger partial charge in [-0.25, -0.2) is 4.79 Å². The second-order valence-electron chi connectivity index (χ2n) is 2.65. The molecule has 1 saturated carbocycles. The third-order valence-electron chi connectivity index (χ3n) is 1.88. The first-order valence-corrected chi connectivity index (χ1v) is 3.45. The molecule has 1 aliphatic rings. The van der Waals surface area contributed by atoms with E-state index in [9.17, 15) is 4.79 Å². The number of nitrogens with one attached hydrogen (secondary N) is 1. The molecule has 0 spiro atoms. The highest BCUT2D eigenvalue weighted by molar-refractivity contribution is 5.65. The van der Waals surface area contributed by atoms with Gasteiger partial charge in [0.05, 0.1) is 0 Å². The minimum Gasteiger partial charge on any atom is -0.465 e. The van der Waals surface area contributed by atoms with Gasteiger partial charge in [-0.3, -0.25) is 0 Å². The molecule has 1 rings (SSSR count). The summed E-state index contributed by atoms with van der Waals surface area (Å²) >= 11 is 0. The maximum atomic E-state index is 10.1. The molecular formula is C6H12N2O2. The Bertz CT molecular complexity index is 138. The molecule has 4 N–H and O–H groups in total. The van der Waals surface area contributed by atoms with Gasteiger partial charge in [-0.05, 0) is 19.3 Å². The topological polar surface area (TPSA) is 75.3 Å². The van der Waals surface area contributed by atoms with Crippen LogP contribution in [0.5, 0.6) is 0 Å². The zero-order valence-corrected chi connectivity index (χ0v) is 5.71. The summed E-state index contributed by atoms with van der Waals surface area (Å²) in [5.41, 5.74) is 5.60. The van der Waals surface area contributed by atoms with Crippen molar-refractivity contribution in [3.8, 4) is 0 Å². The number of carbonyl (C=O) groups is 1. The van der Waals surface area contributed by atoms with Gasteiger partial charge in [-0.2, -0.15) is 0 Å². The van der Waals surface area contributed by atoms with Crippen molar-refractivity contribution < 1.29 is 9.90 Å². The zero-order valence-electron chi connectivity index (χ0n) is 5.71. The molecule has 0 radical (unpaired) electrons. The van der Waals surface area contributed by atoms with E-state index >= 15 is 0 Å². The second-order valence-corrected chi connectivity index (χ2v) is 2.65. The minimum absolute atomic E-state index is 0.0162. The maximum absolute atomic E-state index is 10.1. The Morgan fingerprint density at radius 2 is 2.30 bits per heavy atom. The van der Waals surface area contributed by atoms with Crippen LogP contribution in [0.4, 0.5) is 4.79 Å². The highest BCUT2D eigenvalue weighted by atomic mass is 16.4. The first-order valence-electron chi connectivity index (χ1n) is 3.45. The van der Waals surface area contributed by atoms with Gasteiger partial charge < -0.3 is 16.2 Å². The van der Waals surface area contributed by atoms with Crippen molar-refractivity contribution in [1.82, 2.24) is 5.32 Å². The van der Waals surface area contributed by atoms with Gasteiger partial charge in [0.2, 0.25) is 0 Å². The van der Waals surface area contributed by atoms with E-state index in [1.165, 1.54) is 0 Å². The summed E-state index contributed by atoms with van der Waals surface area (Å²) in [4.78, 5) is 10.1. The van der Waals surface area contributed by atoms with Crippen molar-refractivity contribution in [2.24, 2.45) is 5.73 Å². The molecule has 10 heavy (non-hydrogen) atoms. The Hall–Kier alpha value is -0.770. The van der Waals surface area contributed by atoms with Crippen molar-refractivity contribution in [3.63, 3.8) is 0 Å². The summed E-state index contributed by atoms with van der Waals surface area (Å²) in [6.07, 6.45) is 1.88. The van der Waals surface area contributed by atoms with Crippen LogP contribution in [0.2, 0.25) is 0 Å². The molecule has 58 valence electrons. The van der Waals surface area contributed by atoms with Crippen molar-refractivity contribution in [2.45, 2.75) is 31.3 Å². The van der Waals surface area contributed by atoms with Gasteiger partial charge >= 0.3 is 6.09 Å². The van der Waals surface area contributed by atoms with Crippen molar-refractivity contribution in [3.05, 3.63) is 0 Å². The van der Waals surface area contributed by atoms with E-state index in [0.29, 0.717) is 0 Å². The van der Waals surface area contributed by atoms with Gasteiger partial charge in [0.25, 0.3) is 0 Å².